The fourth-order valence-electron chi connectivity index (χ4n) is 1.09. The summed E-state index contributed by atoms with van der Waals surface area (Å²) >= 11 is 0. The van der Waals surface area contributed by atoms with Crippen molar-refractivity contribution >= 4 is 5.57 Å². The van der Waals surface area contributed by atoms with E-state index in [0.717, 1.165) is 0 Å². The summed E-state index contributed by atoms with van der Waals surface area (Å²) in [5.41, 5.74) is 5.43. The van der Waals surface area contributed by atoms with Gasteiger partial charge in [0.25, 0.3) is 0 Å². The van der Waals surface area contributed by atoms with Gasteiger partial charge in [-0.1, -0.05) is 35.4 Å². The molecule has 1 aromatic carbocycles. The van der Waals surface area contributed by atoms with Gasteiger partial charge in [-0.25, -0.2) is 0 Å². The third-order valence-electron chi connectivity index (χ3n) is 2.23. The van der Waals surface area contributed by atoms with Crippen LogP contribution >= 0.6 is 0 Å². The van der Waals surface area contributed by atoms with Crippen molar-refractivity contribution in [1.82, 2.24) is 0 Å². The molecule has 0 saturated carbocycles. The van der Waals surface area contributed by atoms with E-state index in [4.69, 9.17) is 0 Å². The second-order valence-corrected chi connectivity index (χ2v) is 3.49. The first-order chi connectivity index (χ1) is 5.61. The third-order valence-corrected chi connectivity index (χ3v) is 2.23. The van der Waals surface area contributed by atoms with Crippen molar-refractivity contribution in [3.63, 3.8) is 0 Å². The maximum Gasteiger partial charge on any atom is -0.0228 e. The Balaban J connectivity index is 3.06. The molecule has 1 rings (SSSR count). The van der Waals surface area contributed by atoms with Gasteiger partial charge in [0.1, 0.15) is 0 Å². The highest BCUT2D eigenvalue weighted by Crippen LogP contribution is 2.17. The summed E-state index contributed by atoms with van der Waals surface area (Å²) in [6.45, 7) is 8.58. The molecule has 0 aliphatic carbocycles. The van der Waals surface area contributed by atoms with Crippen molar-refractivity contribution in [3.05, 3.63) is 41.0 Å². The van der Waals surface area contributed by atoms with Gasteiger partial charge in [0.15, 0.2) is 0 Å². The first-order valence-electron chi connectivity index (χ1n) is 4.32. The van der Waals surface area contributed by atoms with Crippen molar-refractivity contribution < 1.29 is 0 Å². The van der Waals surface area contributed by atoms with Gasteiger partial charge in [0.2, 0.25) is 0 Å². The summed E-state index contributed by atoms with van der Waals surface area (Å²) in [6.07, 6.45) is 0. The molecule has 1 aromatic rings. The monoisotopic (exact) mass is 160 g/mol. The van der Waals surface area contributed by atoms with Crippen LogP contribution in [0.5, 0.6) is 0 Å². The summed E-state index contributed by atoms with van der Waals surface area (Å²) in [6, 6.07) is 8.67. The average molecular weight is 160 g/mol. The van der Waals surface area contributed by atoms with Crippen LogP contribution in [0.25, 0.3) is 5.57 Å². The van der Waals surface area contributed by atoms with Gasteiger partial charge < -0.3 is 0 Å². The highest BCUT2D eigenvalue weighted by molar-refractivity contribution is 5.66. The summed E-state index contributed by atoms with van der Waals surface area (Å²) in [5.74, 6) is 0. The molecule has 0 fully saturated rings. The molecule has 0 unspecified atom stereocenters. The second-order valence-electron chi connectivity index (χ2n) is 3.49. The Labute approximate surface area is 74.9 Å². The minimum absolute atomic E-state index is 1.32. The topological polar surface area (TPSA) is 0 Å². The SMILES string of the molecule is CC(C)=C(C)c1ccc(C)cc1. The zero-order chi connectivity index (χ0) is 9.14. The molecule has 0 aromatic heterocycles. The normalized spacial score (nSPS) is 9.67. The van der Waals surface area contributed by atoms with E-state index in [1.165, 1.54) is 22.3 Å². The molecular weight excluding hydrogens is 144 g/mol. The molecule has 0 amide bonds. The molecule has 0 N–H and O–H groups in total. The predicted molar refractivity (Wildman–Crippen MR) is 55.1 cm³/mol. The molecular formula is C12H16. The van der Waals surface area contributed by atoms with Crippen molar-refractivity contribution in [3.8, 4) is 0 Å². The highest BCUT2D eigenvalue weighted by Gasteiger charge is 1.95. The summed E-state index contributed by atoms with van der Waals surface area (Å²) < 4.78 is 0. The van der Waals surface area contributed by atoms with Crippen molar-refractivity contribution in [2.24, 2.45) is 0 Å². The van der Waals surface area contributed by atoms with Gasteiger partial charge in [0, 0.05) is 0 Å². The fraction of sp³-hybridized carbons (Fsp3) is 0.333. The van der Waals surface area contributed by atoms with Crippen LogP contribution in [-0.2, 0) is 0 Å². The van der Waals surface area contributed by atoms with Crippen LogP contribution in [0.1, 0.15) is 31.9 Å². The van der Waals surface area contributed by atoms with E-state index in [9.17, 15) is 0 Å². The average Bonchev–Trinajstić information content (AvgIpc) is 2.04. The standard InChI is InChI=1S/C12H16/c1-9(2)11(4)12-7-5-10(3)6-8-12/h5-8H,1-4H3. The molecule has 0 aliphatic heterocycles. The predicted octanol–water partition coefficient (Wildman–Crippen LogP) is 3.81. The number of hydrogen-bond donors (Lipinski definition) is 0. The second kappa shape index (κ2) is 3.57. The number of allylic oxidation sites excluding steroid dienone is 2. The molecule has 0 saturated heterocycles. The van der Waals surface area contributed by atoms with Crippen molar-refractivity contribution in [2.45, 2.75) is 27.7 Å². The largest absolute Gasteiger partial charge is 0.0729 e. The van der Waals surface area contributed by atoms with E-state index in [-0.39, 0.29) is 0 Å². The molecule has 0 radical (unpaired) electrons. The van der Waals surface area contributed by atoms with E-state index in [1.54, 1.807) is 0 Å². The Hall–Kier alpha value is -1.04. The van der Waals surface area contributed by atoms with E-state index in [0.29, 0.717) is 0 Å². The Kier molecular flexibility index (Phi) is 2.69. The van der Waals surface area contributed by atoms with Gasteiger partial charge >= 0.3 is 0 Å². The van der Waals surface area contributed by atoms with Gasteiger partial charge in [-0.3, -0.25) is 0 Å². The third kappa shape index (κ3) is 1.97. The summed E-state index contributed by atoms with van der Waals surface area (Å²) in [7, 11) is 0. The molecule has 0 heterocycles. The lowest BCUT2D eigenvalue weighted by atomic mass is 10.0. The molecule has 0 spiro atoms. The first-order valence-corrected chi connectivity index (χ1v) is 4.32. The lowest BCUT2D eigenvalue weighted by molar-refractivity contribution is 1.35. The fourth-order valence-corrected chi connectivity index (χ4v) is 1.09. The maximum absolute atomic E-state index is 2.18. The van der Waals surface area contributed by atoms with Crippen LogP contribution in [0.4, 0.5) is 0 Å². The van der Waals surface area contributed by atoms with Crippen LogP contribution < -0.4 is 0 Å². The van der Waals surface area contributed by atoms with Crippen LogP contribution in [0.3, 0.4) is 0 Å². The lowest BCUT2D eigenvalue weighted by Gasteiger charge is -2.03. The molecule has 0 atom stereocenters. The minimum Gasteiger partial charge on any atom is -0.0729 e. The number of hydrogen-bond acceptors (Lipinski definition) is 0. The van der Waals surface area contributed by atoms with E-state index in [1.807, 2.05) is 0 Å². The van der Waals surface area contributed by atoms with Gasteiger partial charge in [-0.15, -0.1) is 0 Å². The van der Waals surface area contributed by atoms with Crippen molar-refractivity contribution in [1.29, 1.82) is 0 Å². The van der Waals surface area contributed by atoms with Crippen LogP contribution in [0.15, 0.2) is 29.8 Å². The Bertz CT molecular complexity index is 284. The van der Waals surface area contributed by atoms with Crippen LogP contribution in [-0.4, -0.2) is 0 Å². The van der Waals surface area contributed by atoms with E-state index < -0.39 is 0 Å². The van der Waals surface area contributed by atoms with Gasteiger partial charge in [0.05, 0.1) is 0 Å². The molecule has 0 heteroatoms. The first kappa shape index (κ1) is 9.05. The zero-order valence-corrected chi connectivity index (χ0v) is 8.31. The summed E-state index contributed by atoms with van der Waals surface area (Å²) in [4.78, 5) is 0. The number of benzene rings is 1. The summed E-state index contributed by atoms with van der Waals surface area (Å²) in [5, 5.41) is 0. The smallest absolute Gasteiger partial charge is 0.0228 e. The number of aryl methyl sites for hydroxylation is 1. The molecule has 0 bridgehead atoms. The molecule has 12 heavy (non-hydrogen) atoms. The zero-order valence-electron chi connectivity index (χ0n) is 8.31. The maximum atomic E-state index is 2.18. The Morgan fingerprint density at radius 2 is 1.42 bits per heavy atom. The lowest BCUT2D eigenvalue weighted by Crippen LogP contribution is -1.82. The number of rotatable bonds is 1. The quantitative estimate of drug-likeness (QED) is 0.586. The molecule has 0 nitrogen and oxygen atoms in total. The highest BCUT2D eigenvalue weighted by atomic mass is 14.0. The van der Waals surface area contributed by atoms with Gasteiger partial charge in [-0.2, -0.15) is 0 Å². The van der Waals surface area contributed by atoms with Crippen LogP contribution in [0.2, 0.25) is 0 Å². The molecule has 64 valence electrons. The van der Waals surface area contributed by atoms with E-state index >= 15 is 0 Å². The molecule has 0 aliphatic rings. The van der Waals surface area contributed by atoms with E-state index in [2.05, 4.69) is 52.0 Å². The Morgan fingerprint density at radius 1 is 0.917 bits per heavy atom. The van der Waals surface area contributed by atoms with Gasteiger partial charge in [-0.05, 0) is 38.8 Å². The van der Waals surface area contributed by atoms with Crippen molar-refractivity contribution in [2.75, 3.05) is 0 Å². The Morgan fingerprint density at radius 3 is 1.83 bits per heavy atom. The van der Waals surface area contributed by atoms with Crippen LogP contribution in [0, 0.1) is 6.92 Å². The minimum atomic E-state index is 1.32.